The van der Waals surface area contributed by atoms with Gasteiger partial charge in [-0.2, -0.15) is 0 Å². The van der Waals surface area contributed by atoms with Crippen LogP contribution in [0.2, 0.25) is 0 Å². The fourth-order valence-electron chi connectivity index (χ4n) is 10.3. The predicted octanol–water partition coefficient (Wildman–Crippen LogP) is 16.7. The van der Waals surface area contributed by atoms with Crippen molar-refractivity contribution in [3.8, 4) is 62.1 Å². The molecule has 0 unspecified atom stereocenters. The van der Waals surface area contributed by atoms with E-state index < -0.39 is 0 Å². The highest BCUT2D eigenvalue weighted by Gasteiger charge is 2.22. The van der Waals surface area contributed by atoms with Gasteiger partial charge in [-0.1, -0.05) is 182 Å². The van der Waals surface area contributed by atoms with Crippen LogP contribution >= 0.6 is 0 Å². The van der Waals surface area contributed by atoms with E-state index in [1.165, 1.54) is 43.4 Å². The Morgan fingerprint density at radius 2 is 0.853 bits per heavy atom. The minimum atomic E-state index is 0.568. The summed E-state index contributed by atoms with van der Waals surface area (Å²) in [5.74, 6) is 1.75. The summed E-state index contributed by atoms with van der Waals surface area (Å²) >= 11 is 0. The Morgan fingerprint density at radius 3 is 1.66 bits per heavy atom. The molecule has 0 aliphatic heterocycles. The number of fused-ring (bicyclic) bond motifs is 10. The third-order valence-corrected chi connectivity index (χ3v) is 13.6. The molecule has 3 aromatic heterocycles. The van der Waals surface area contributed by atoms with E-state index >= 15 is 0 Å². The van der Waals surface area contributed by atoms with Crippen molar-refractivity contribution in [1.29, 1.82) is 0 Å². The monoisotopic (exact) mass is 866 g/mol. The van der Waals surface area contributed by atoms with Gasteiger partial charge in [0.2, 0.25) is 0 Å². The smallest absolute Gasteiger partial charge is 0.164 e. The van der Waals surface area contributed by atoms with Crippen LogP contribution in [0.5, 0.6) is 0 Å². The molecule has 0 fully saturated rings. The fourth-order valence-corrected chi connectivity index (χ4v) is 10.3. The molecule has 0 bridgehead atoms. The van der Waals surface area contributed by atoms with Crippen molar-refractivity contribution in [2.45, 2.75) is 0 Å². The highest BCUT2D eigenvalue weighted by Crippen LogP contribution is 2.43. The second kappa shape index (κ2) is 15.2. The van der Waals surface area contributed by atoms with E-state index in [-0.39, 0.29) is 0 Å². The van der Waals surface area contributed by atoms with Crippen LogP contribution < -0.4 is 0 Å². The average Bonchev–Trinajstić information content (AvgIpc) is 3.95. The van der Waals surface area contributed by atoms with Crippen LogP contribution in [-0.2, 0) is 0 Å². The van der Waals surface area contributed by atoms with E-state index in [9.17, 15) is 0 Å². The summed E-state index contributed by atoms with van der Waals surface area (Å²) in [6.45, 7) is 0. The van der Waals surface area contributed by atoms with Crippen LogP contribution in [0.3, 0.4) is 0 Å². The Bertz CT molecular complexity index is 4310. The van der Waals surface area contributed by atoms with Crippen LogP contribution in [-0.4, -0.2) is 19.5 Å². The first-order chi connectivity index (χ1) is 33.7. The summed E-state index contributed by atoms with van der Waals surface area (Å²) in [4.78, 5) is 15.9. The van der Waals surface area contributed by atoms with Gasteiger partial charge in [-0.25, -0.2) is 15.0 Å². The van der Waals surface area contributed by atoms with Gasteiger partial charge in [0.05, 0.1) is 16.7 Å². The molecule has 0 radical (unpaired) electrons. The molecule has 0 N–H and O–H groups in total. The molecule has 14 rings (SSSR count). The molecule has 3 heterocycles. The molecule has 0 aliphatic carbocycles. The molecule has 5 nitrogen and oxygen atoms in total. The van der Waals surface area contributed by atoms with Gasteiger partial charge in [0.1, 0.15) is 11.2 Å². The Labute approximate surface area is 390 Å². The average molecular weight is 867 g/mol. The second-order valence-corrected chi connectivity index (χ2v) is 17.6. The van der Waals surface area contributed by atoms with Crippen molar-refractivity contribution < 1.29 is 4.42 Å². The number of hydrogen-bond acceptors (Lipinski definition) is 4. The molecule has 0 amide bonds. The normalized spacial score (nSPS) is 11.8. The first kappa shape index (κ1) is 38.1. The number of rotatable bonds is 6. The van der Waals surface area contributed by atoms with E-state index in [1.807, 2.05) is 18.2 Å². The summed E-state index contributed by atoms with van der Waals surface area (Å²) in [6.07, 6.45) is 0. The van der Waals surface area contributed by atoms with Crippen LogP contribution in [0.15, 0.2) is 235 Å². The fraction of sp³-hybridized carbons (Fsp3) is 0. The lowest BCUT2D eigenvalue weighted by Gasteiger charge is -2.17. The number of benzene rings is 11. The van der Waals surface area contributed by atoms with Gasteiger partial charge < -0.3 is 8.98 Å². The molecular formula is C63H38N4O. The van der Waals surface area contributed by atoms with Crippen molar-refractivity contribution in [2.75, 3.05) is 0 Å². The van der Waals surface area contributed by atoms with Crippen LogP contribution in [0.4, 0.5) is 0 Å². The summed E-state index contributed by atoms with van der Waals surface area (Å²) in [6, 6.07) is 81.9. The van der Waals surface area contributed by atoms with Crippen LogP contribution in [0.25, 0.3) is 138 Å². The van der Waals surface area contributed by atoms with E-state index in [4.69, 9.17) is 19.4 Å². The Hall–Kier alpha value is -9.19. The maximum absolute atomic E-state index is 6.39. The van der Waals surface area contributed by atoms with E-state index in [0.717, 1.165) is 77.3 Å². The third kappa shape index (κ3) is 6.14. The number of furan rings is 1. The highest BCUT2D eigenvalue weighted by molar-refractivity contribution is 6.21. The van der Waals surface area contributed by atoms with Gasteiger partial charge in [0.15, 0.2) is 17.5 Å². The number of aromatic nitrogens is 4. The largest absolute Gasteiger partial charge is 0.456 e. The van der Waals surface area contributed by atoms with E-state index in [2.05, 4.69) is 217 Å². The van der Waals surface area contributed by atoms with Crippen LogP contribution in [0.1, 0.15) is 0 Å². The SMILES string of the molecule is c1ccc(-c2ccc(-c3cc(-c4nc(-c5ccc6c(c5)oc5ccccc56)nc(-c5cccc6ccccc56)n4)ccc3-n3c4cc5ccccc5cc4c4ccc5ccccc5c43)cc2)cc1. The lowest BCUT2D eigenvalue weighted by Crippen LogP contribution is -2.02. The predicted molar refractivity (Wildman–Crippen MR) is 281 cm³/mol. The molecule has 0 atom stereocenters. The molecule has 14 aromatic rings. The number of hydrogen-bond donors (Lipinski definition) is 0. The molecule has 0 saturated carbocycles. The summed E-state index contributed by atoms with van der Waals surface area (Å²) in [5, 5.41) is 11.5. The van der Waals surface area contributed by atoms with Crippen LogP contribution in [0, 0.1) is 0 Å². The van der Waals surface area contributed by atoms with Gasteiger partial charge in [-0.05, 0) is 92.2 Å². The Kier molecular flexibility index (Phi) is 8.52. The quantitative estimate of drug-likeness (QED) is 0.167. The zero-order chi connectivity index (χ0) is 44.7. The standard InChI is InChI=1S/C63H38N4O/c1-2-13-39(14-3-1)40-25-27-43(28-26-40)54-36-46(31-34-56(54)67-57-37-45-18-5-4-17-44(45)35-55(57)52-33-29-42-16-7-9-21-49(42)60(52)67)61-64-62(47-30-32-51-50-22-10-11-24-58(50)68-59(51)38-47)66-63(65-61)53-23-12-19-41-15-6-8-20-48(41)53/h1-38H. The lowest BCUT2D eigenvalue weighted by molar-refractivity contribution is 0.669. The zero-order valence-electron chi connectivity index (χ0n) is 36.6. The first-order valence-electron chi connectivity index (χ1n) is 23.0. The molecule has 68 heavy (non-hydrogen) atoms. The van der Waals surface area contributed by atoms with E-state index in [0.29, 0.717) is 17.5 Å². The molecule has 0 aliphatic rings. The van der Waals surface area contributed by atoms with Gasteiger partial charge in [0, 0.05) is 49.2 Å². The minimum Gasteiger partial charge on any atom is -0.456 e. The molecule has 11 aromatic carbocycles. The van der Waals surface area contributed by atoms with Crippen molar-refractivity contribution in [1.82, 2.24) is 19.5 Å². The van der Waals surface area contributed by atoms with E-state index in [1.54, 1.807) is 0 Å². The van der Waals surface area contributed by atoms with Gasteiger partial charge in [-0.3, -0.25) is 0 Å². The maximum Gasteiger partial charge on any atom is 0.164 e. The van der Waals surface area contributed by atoms with Crippen molar-refractivity contribution in [2.24, 2.45) is 0 Å². The van der Waals surface area contributed by atoms with Crippen molar-refractivity contribution >= 4 is 76.1 Å². The Morgan fingerprint density at radius 1 is 0.294 bits per heavy atom. The zero-order valence-corrected chi connectivity index (χ0v) is 36.6. The molecule has 0 spiro atoms. The molecule has 0 saturated heterocycles. The first-order valence-corrected chi connectivity index (χ1v) is 23.0. The Balaban J connectivity index is 1.04. The second-order valence-electron chi connectivity index (χ2n) is 17.6. The molecular weight excluding hydrogens is 829 g/mol. The molecule has 316 valence electrons. The highest BCUT2D eigenvalue weighted by atomic mass is 16.3. The van der Waals surface area contributed by atoms with Crippen molar-refractivity contribution in [3.05, 3.63) is 231 Å². The van der Waals surface area contributed by atoms with Gasteiger partial charge in [0.25, 0.3) is 0 Å². The number of para-hydroxylation sites is 1. The van der Waals surface area contributed by atoms with Gasteiger partial charge in [-0.15, -0.1) is 0 Å². The maximum atomic E-state index is 6.39. The summed E-state index contributed by atoms with van der Waals surface area (Å²) in [5.41, 5.74) is 12.1. The van der Waals surface area contributed by atoms with Gasteiger partial charge >= 0.3 is 0 Å². The third-order valence-electron chi connectivity index (χ3n) is 13.6. The van der Waals surface area contributed by atoms with Crippen molar-refractivity contribution in [3.63, 3.8) is 0 Å². The lowest BCUT2D eigenvalue weighted by atomic mass is 9.97. The minimum absolute atomic E-state index is 0.568. The number of nitrogens with zero attached hydrogens (tertiary/aromatic N) is 4. The topological polar surface area (TPSA) is 56.7 Å². The summed E-state index contributed by atoms with van der Waals surface area (Å²) in [7, 11) is 0. The summed E-state index contributed by atoms with van der Waals surface area (Å²) < 4.78 is 8.87. The molecule has 5 heteroatoms.